The number of nitrogens with one attached hydrogen (secondary N) is 4. The van der Waals surface area contributed by atoms with Gasteiger partial charge in [-0.25, -0.2) is 13.1 Å². The summed E-state index contributed by atoms with van der Waals surface area (Å²) in [5.41, 5.74) is 1.22. The number of hydrogen-bond acceptors (Lipinski definition) is 6. The van der Waals surface area contributed by atoms with Crippen LogP contribution in [0.4, 0.5) is 11.5 Å². The van der Waals surface area contributed by atoms with Gasteiger partial charge in [-0.2, -0.15) is 10.4 Å². The van der Waals surface area contributed by atoms with Gasteiger partial charge in [-0.05, 0) is 69.4 Å². The molecule has 0 spiro atoms. The summed E-state index contributed by atoms with van der Waals surface area (Å²) in [5, 5.41) is 20.0. The maximum Gasteiger partial charge on any atom is 0.261 e. The molecule has 1 atom stereocenters. The topological polar surface area (TPSA) is 144 Å². The van der Waals surface area contributed by atoms with Crippen molar-refractivity contribution in [1.29, 1.82) is 5.26 Å². The Kier molecular flexibility index (Phi) is 5.56. The Balaban J connectivity index is 1.64. The Hall–Kier alpha value is -3.16. The summed E-state index contributed by atoms with van der Waals surface area (Å²) in [5.74, 6) is 0.838. The molecule has 0 amide bonds. The van der Waals surface area contributed by atoms with E-state index in [4.69, 9.17) is 0 Å². The van der Waals surface area contributed by atoms with Crippen LogP contribution in [0.15, 0.2) is 40.2 Å². The molecule has 0 aliphatic heterocycles. The third kappa shape index (κ3) is 4.54. The monoisotopic (exact) mass is 454 g/mol. The van der Waals surface area contributed by atoms with Gasteiger partial charge in [0.2, 0.25) is 10.0 Å². The van der Waals surface area contributed by atoms with Crippen molar-refractivity contribution in [3.05, 3.63) is 46.4 Å². The first-order chi connectivity index (χ1) is 15.1. The fraction of sp³-hybridized carbons (Fsp3) is 0.409. The first-order valence-electron chi connectivity index (χ1n) is 10.5. The minimum absolute atomic E-state index is 0.0486. The molecular weight excluding hydrogens is 428 g/mol. The number of hydrogen-bond donors (Lipinski definition) is 4. The van der Waals surface area contributed by atoms with Gasteiger partial charge in [0.25, 0.3) is 5.56 Å². The van der Waals surface area contributed by atoms with Gasteiger partial charge in [-0.1, -0.05) is 0 Å². The Labute approximate surface area is 186 Å². The number of fused-ring (bicyclic) bond motifs is 1. The largest absolute Gasteiger partial charge is 0.338 e. The molecule has 2 aromatic heterocycles. The van der Waals surface area contributed by atoms with E-state index in [2.05, 4.69) is 31.3 Å². The molecule has 4 rings (SSSR count). The van der Waals surface area contributed by atoms with Crippen LogP contribution in [-0.4, -0.2) is 29.1 Å². The zero-order chi connectivity index (χ0) is 23.1. The number of H-pyrrole nitrogens is 2. The van der Waals surface area contributed by atoms with Gasteiger partial charge in [0, 0.05) is 29.8 Å². The fourth-order valence-electron chi connectivity index (χ4n) is 3.89. The smallest absolute Gasteiger partial charge is 0.261 e. The molecule has 168 valence electrons. The maximum atomic E-state index is 12.6. The highest BCUT2D eigenvalue weighted by Crippen LogP contribution is 2.45. The van der Waals surface area contributed by atoms with Crippen LogP contribution in [0.1, 0.15) is 51.5 Å². The average Bonchev–Trinajstić information content (AvgIpc) is 3.46. The van der Waals surface area contributed by atoms with Gasteiger partial charge in [0.1, 0.15) is 5.39 Å². The predicted molar refractivity (Wildman–Crippen MR) is 122 cm³/mol. The standard InChI is InChI=1S/C22H26N6O3S/c1-22(2,3)28-32(30,31)15-8-6-14(7-9-15)25-20-18-19(26-27-20)17(12-24-21(18)29)16(10-11-23)13-4-5-13/h6-9,12-13,16,28H,4-5,10H2,1-3H3,(H,24,29)(H2,25,26,27). The molecule has 9 nitrogen and oxygen atoms in total. The zero-order valence-corrected chi connectivity index (χ0v) is 19.0. The molecule has 1 fully saturated rings. The molecule has 1 saturated carbocycles. The van der Waals surface area contributed by atoms with Gasteiger partial charge < -0.3 is 10.3 Å². The van der Waals surface area contributed by atoms with Crippen LogP contribution in [-0.2, 0) is 10.0 Å². The first-order valence-corrected chi connectivity index (χ1v) is 11.9. The van der Waals surface area contributed by atoms with Gasteiger partial charge in [-0.15, -0.1) is 0 Å². The molecule has 1 unspecified atom stereocenters. The van der Waals surface area contributed by atoms with Crippen LogP contribution in [0, 0.1) is 17.2 Å². The van der Waals surface area contributed by atoms with Crippen molar-refractivity contribution in [3.8, 4) is 6.07 Å². The van der Waals surface area contributed by atoms with E-state index in [1.807, 2.05) is 0 Å². The van der Waals surface area contributed by atoms with Crippen molar-refractivity contribution in [1.82, 2.24) is 19.9 Å². The van der Waals surface area contributed by atoms with Crippen molar-refractivity contribution in [3.63, 3.8) is 0 Å². The number of rotatable bonds is 7. The van der Waals surface area contributed by atoms with E-state index in [9.17, 15) is 18.5 Å². The minimum Gasteiger partial charge on any atom is -0.338 e. The van der Waals surface area contributed by atoms with E-state index < -0.39 is 15.6 Å². The molecule has 1 aliphatic rings. The van der Waals surface area contributed by atoms with Crippen LogP contribution in [0.2, 0.25) is 0 Å². The zero-order valence-electron chi connectivity index (χ0n) is 18.2. The summed E-state index contributed by atoms with van der Waals surface area (Å²) < 4.78 is 27.6. The van der Waals surface area contributed by atoms with E-state index in [-0.39, 0.29) is 16.4 Å². The molecule has 1 aliphatic carbocycles. The summed E-state index contributed by atoms with van der Waals surface area (Å²) in [6, 6.07) is 8.49. The summed E-state index contributed by atoms with van der Waals surface area (Å²) in [4.78, 5) is 15.5. The predicted octanol–water partition coefficient (Wildman–Crippen LogP) is 3.48. The number of benzene rings is 1. The number of sulfonamides is 1. The lowest BCUT2D eigenvalue weighted by Gasteiger charge is -2.20. The third-order valence-corrected chi connectivity index (χ3v) is 7.18. The summed E-state index contributed by atoms with van der Waals surface area (Å²) >= 11 is 0. The molecule has 2 heterocycles. The Morgan fingerprint density at radius 3 is 2.53 bits per heavy atom. The number of nitriles is 1. The van der Waals surface area contributed by atoms with E-state index >= 15 is 0 Å². The Bertz CT molecular complexity index is 1340. The molecule has 32 heavy (non-hydrogen) atoms. The van der Waals surface area contributed by atoms with Crippen LogP contribution < -0.4 is 15.6 Å². The van der Waals surface area contributed by atoms with Crippen LogP contribution >= 0.6 is 0 Å². The normalized spacial score (nSPS) is 15.4. The van der Waals surface area contributed by atoms with Crippen LogP contribution in [0.25, 0.3) is 10.9 Å². The number of nitrogens with zero attached hydrogens (tertiary/aromatic N) is 2. The van der Waals surface area contributed by atoms with E-state index in [0.29, 0.717) is 34.7 Å². The summed E-state index contributed by atoms with van der Waals surface area (Å²) in [6.07, 6.45) is 4.21. The highest BCUT2D eigenvalue weighted by Gasteiger charge is 2.34. The quantitative estimate of drug-likeness (QED) is 0.430. The first kappa shape index (κ1) is 22.0. The van der Waals surface area contributed by atoms with Crippen LogP contribution in [0.3, 0.4) is 0 Å². The lowest BCUT2D eigenvalue weighted by Crippen LogP contribution is -2.40. The van der Waals surface area contributed by atoms with Crippen molar-refractivity contribution < 1.29 is 8.42 Å². The van der Waals surface area contributed by atoms with Crippen molar-refractivity contribution in [2.45, 2.75) is 56.4 Å². The second kappa shape index (κ2) is 8.07. The van der Waals surface area contributed by atoms with Gasteiger partial charge in [0.05, 0.1) is 16.5 Å². The van der Waals surface area contributed by atoms with Crippen LogP contribution in [0.5, 0.6) is 0 Å². The summed E-state index contributed by atoms with van der Waals surface area (Å²) in [6.45, 7) is 5.33. The Morgan fingerprint density at radius 2 is 1.94 bits per heavy atom. The number of pyridine rings is 1. The van der Waals surface area contributed by atoms with E-state index in [1.54, 1.807) is 39.1 Å². The second-order valence-corrected chi connectivity index (χ2v) is 10.9. The molecule has 0 saturated heterocycles. The van der Waals surface area contributed by atoms with Gasteiger partial charge in [0.15, 0.2) is 5.82 Å². The fourth-order valence-corrected chi connectivity index (χ4v) is 5.30. The molecule has 0 radical (unpaired) electrons. The maximum absolute atomic E-state index is 12.6. The number of aromatic amines is 2. The molecular formula is C22H26N6O3S. The summed E-state index contributed by atoms with van der Waals surface area (Å²) in [7, 11) is -3.64. The number of aromatic nitrogens is 3. The SMILES string of the molecule is CC(C)(C)NS(=O)(=O)c1ccc(Nc2n[nH]c3c(C(CC#N)C4CC4)c[nH]c(=O)c23)cc1. The van der Waals surface area contributed by atoms with Gasteiger partial charge in [-0.3, -0.25) is 9.89 Å². The average molecular weight is 455 g/mol. The van der Waals surface area contributed by atoms with E-state index in [1.165, 1.54) is 12.1 Å². The second-order valence-electron chi connectivity index (χ2n) is 9.21. The number of anilines is 2. The van der Waals surface area contributed by atoms with E-state index in [0.717, 1.165) is 18.4 Å². The molecule has 10 heteroatoms. The molecule has 0 bridgehead atoms. The van der Waals surface area contributed by atoms with Crippen molar-refractivity contribution in [2.24, 2.45) is 5.92 Å². The van der Waals surface area contributed by atoms with Crippen molar-refractivity contribution in [2.75, 3.05) is 5.32 Å². The highest BCUT2D eigenvalue weighted by atomic mass is 32.2. The Morgan fingerprint density at radius 1 is 1.25 bits per heavy atom. The molecule has 4 N–H and O–H groups in total. The molecule has 3 aromatic rings. The lowest BCUT2D eigenvalue weighted by molar-refractivity contribution is 0.491. The van der Waals surface area contributed by atoms with Crippen molar-refractivity contribution >= 4 is 32.4 Å². The third-order valence-electron chi connectivity index (χ3n) is 5.41. The van der Waals surface area contributed by atoms with Gasteiger partial charge >= 0.3 is 0 Å². The lowest BCUT2D eigenvalue weighted by atomic mass is 9.91. The molecule has 1 aromatic carbocycles. The highest BCUT2D eigenvalue weighted by molar-refractivity contribution is 7.89. The minimum atomic E-state index is -3.64.